The average Bonchev–Trinajstić information content (AvgIpc) is 2.67. The Morgan fingerprint density at radius 3 is 2.36 bits per heavy atom. The summed E-state index contributed by atoms with van der Waals surface area (Å²) in [7, 11) is 1.35. The standard InChI is InChI=1S/C21H21NO3/c1-24-21(23)19(13-15-7-3-2-4-8-15)25-20(22)18-12-11-16-9-5-6-10-17(16)14-18/h2-12,14,19-20H,13,22H2,1H3. The number of carbonyl (C=O) groups excluding carboxylic acids is 1. The second kappa shape index (κ2) is 7.92. The van der Waals surface area contributed by atoms with E-state index in [2.05, 4.69) is 0 Å². The van der Waals surface area contributed by atoms with Crippen LogP contribution in [0, 0.1) is 0 Å². The van der Waals surface area contributed by atoms with Gasteiger partial charge in [0.1, 0.15) is 6.23 Å². The van der Waals surface area contributed by atoms with Crippen molar-refractivity contribution in [1.29, 1.82) is 0 Å². The summed E-state index contributed by atoms with van der Waals surface area (Å²) in [4.78, 5) is 12.1. The number of benzene rings is 3. The number of rotatable bonds is 6. The molecule has 3 aromatic rings. The van der Waals surface area contributed by atoms with Crippen LogP contribution in [0.15, 0.2) is 72.8 Å². The first-order valence-electron chi connectivity index (χ1n) is 8.19. The maximum absolute atomic E-state index is 12.1. The number of methoxy groups -OCH3 is 1. The fraction of sp³-hybridized carbons (Fsp3) is 0.190. The van der Waals surface area contributed by atoms with E-state index in [0.29, 0.717) is 6.42 Å². The molecule has 0 aromatic heterocycles. The molecule has 128 valence electrons. The molecule has 2 unspecified atom stereocenters. The number of hydrogen-bond donors (Lipinski definition) is 1. The van der Waals surface area contributed by atoms with E-state index in [4.69, 9.17) is 15.2 Å². The normalized spacial score (nSPS) is 13.4. The van der Waals surface area contributed by atoms with Crippen molar-refractivity contribution >= 4 is 16.7 Å². The molecule has 0 saturated carbocycles. The van der Waals surface area contributed by atoms with E-state index in [1.54, 1.807) is 0 Å². The summed E-state index contributed by atoms with van der Waals surface area (Å²) in [6.45, 7) is 0. The molecule has 4 heteroatoms. The van der Waals surface area contributed by atoms with Crippen molar-refractivity contribution in [2.75, 3.05) is 7.11 Å². The first-order chi connectivity index (χ1) is 12.2. The first-order valence-corrected chi connectivity index (χ1v) is 8.19. The fourth-order valence-electron chi connectivity index (χ4n) is 2.79. The van der Waals surface area contributed by atoms with Crippen molar-refractivity contribution in [3.05, 3.63) is 83.9 Å². The average molecular weight is 335 g/mol. The molecule has 3 rings (SSSR count). The summed E-state index contributed by atoms with van der Waals surface area (Å²) in [5, 5.41) is 2.21. The summed E-state index contributed by atoms with van der Waals surface area (Å²) in [6, 6.07) is 23.6. The monoisotopic (exact) mass is 335 g/mol. The predicted molar refractivity (Wildman–Crippen MR) is 97.9 cm³/mol. The Hall–Kier alpha value is -2.69. The zero-order valence-electron chi connectivity index (χ0n) is 14.1. The molecule has 0 saturated heterocycles. The molecule has 0 radical (unpaired) electrons. The molecule has 3 aromatic carbocycles. The van der Waals surface area contributed by atoms with Crippen molar-refractivity contribution in [3.63, 3.8) is 0 Å². The van der Waals surface area contributed by atoms with E-state index in [-0.39, 0.29) is 0 Å². The highest BCUT2D eigenvalue weighted by Crippen LogP contribution is 2.22. The lowest BCUT2D eigenvalue weighted by Gasteiger charge is -2.21. The molecule has 25 heavy (non-hydrogen) atoms. The Morgan fingerprint density at radius 1 is 0.960 bits per heavy atom. The lowest BCUT2D eigenvalue weighted by molar-refractivity contribution is -0.158. The summed E-state index contributed by atoms with van der Waals surface area (Å²) in [5.41, 5.74) is 8.01. The molecule has 4 nitrogen and oxygen atoms in total. The minimum Gasteiger partial charge on any atom is -0.467 e. The maximum Gasteiger partial charge on any atom is 0.335 e. The predicted octanol–water partition coefficient (Wildman–Crippen LogP) is 3.60. The minimum absolute atomic E-state index is 0.412. The third-order valence-corrected chi connectivity index (χ3v) is 4.14. The van der Waals surface area contributed by atoms with E-state index in [0.717, 1.165) is 21.9 Å². The topological polar surface area (TPSA) is 61.5 Å². The SMILES string of the molecule is COC(=O)C(Cc1ccccc1)OC(N)c1ccc2ccccc2c1. The Morgan fingerprint density at radius 2 is 1.64 bits per heavy atom. The van der Waals surface area contributed by atoms with Gasteiger partial charge in [-0.2, -0.15) is 0 Å². The van der Waals surface area contributed by atoms with Crippen molar-refractivity contribution in [2.24, 2.45) is 5.73 Å². The maximum atomic E-state index is 12.1. The Kier molecular flexibility index (Phi) is 5.43. The largest absolute Gasteiger partial charge is 0.467 e. The van der Waals surface area contributed by atoms with Crippen LogP contribution < -0.4 is 5.73 Å². The van der Waals surface area contributed by atoms with Gasteiger partial charge < -0.3 is 15.2 Å². The molecule has 0 aliphatic rings. The van der Waals surface area contributed by atoms with Crippen LogP contribution in [0.3, 0.4) is 0 Å². The van der Waals surface area contributed by atoms with E-state index in [9.17, 15) is 4.79 Å². The van der Waals surface area contributed by atoms with Crippen LogP contribution in [0.4, 0.5) is 0 Å². The van der Waals surface area contributed by atoms with E-state index in [1.807, 2.05) is 72.8 Å². The summed E-state index contributed by atoms with van der Waals surface area (Å²) in [5.74, 6) is -0.430. The quantitative estimate of drug-likeness (QED) is 0.552. The zero-order valence-corrected chi connectivity index (χ0v) is 14.1. The highest BCUT2D eigenvalue weighted by Gasteiger charge is 2.24. The van der Waals surface area contributed by atoms with Gasteiger partial charge in [-0.15, -0.1) is 0 Å². The van der Waals surface area contributed by atoms with Crippen LogP contribution in [0.5, 0.6) is 0 Å². The Labute approximate surface area is 147 Å². The summed E-state index contributed by atoms with van der Waals surface area (Å²) in [6.07, 6.45) is -1.05. The number of ether oxygens (including phenoxy) is 2. The second-order valence-corrected chi connectivity index (χ2v) is 5.86. The first kappa shape index (κ1) is 17.1. The molecule has 0 heterocycles. The second-order valence-electron chi connectivity index (χ2n) is 5.86. The van der Waals surface area contributed by atoms with Crippen LogP contribution >= 0.6 is 0 Å². The lowest BCUT2D eigenvalue weighted by Crippen LogP contribution is -2.32. The number of hydrogen-bond acceptors (Lipinski definition) is 4. The van der Waals surface area contributed by atoms with Gasteiger partial charge in [0, 0.05) is 6.42 Å². The number of esters is 1. The molecule has 0 spiro atoms. The summed E-state index contributed by atoms with van der Waals surface area (Å²) >= 11 is 0. The molecule has 0 fully saturated rings. The van der Waals surface area contributed by atoms with Crippen molar-refractivity contribution in [3.8, 4) is 0 Å². The molecule has 0 aliphatic heterocycles. The van der Waals surface area contributed by atoms with Gasteiger partial charge in [-0.1, -0.05) is 66.7 Å². The molecular weight excluding hydrogens is 314 g/mol. The lowest BCUT2D eigenvalue weighted by atomic mass is 10.1. The highest BCUT2D eigenvalue weighted by molar-refractivity contribution is 5.83. The molecule has 2 atom stereocenters. The van der Waals surface area contributed by atoms with Gasteiger partial charge in [-0.3, -0.25) is 0 Å². The van der Waals surface area contributed by atoms with Gasteiger partial charge in [-0.25, -0.2) is 4.79 Å². The fourth-order valence-corrected chi connectivity index (χ4v) is 2.79. The summed E-state index contributed by atoms with van der Waals surface area (Å²) < 4.78 is 10.7. The highest BCUT2D eigenvalue weighted by atomic mass is 16.6. The number of fused-ring (bicyclic) bond motifs is 1. The van der Waals surface area contributed by atoms with Gasteiger partial charge in [0.15, 0.2) is 6.10 Å². The molecular formula is C21H21NO3. The number of nitrogens with two attached hydrogens (primary N) is 1. The van der Waals surface area contributed by atoms with Gasteiger partial charge in [0.2, 0.25) is 0 Å². The molecule has 2 N–H and O–H groups in total. The molecule has 0 amide bonds. The van der Waals surface area contributed by atoms with E-state index in [1.165, 1.54) is 7.11 Å². The van der Waals surface area contributed by atoms with E-state index >= 15 is 0 Å². The Bertz CT molecular complexity index is 848. The van der Waals surface area contributed by atoms with Gasteiger partial charge in [0.25, 0.3) is 0 Å². The van der Waals surface area contributed by atoms with Crippen LogP contribution in [0.25, 0.3) is 10.8 Å². The van der Waals surface area contributed by atoms with Gasteiger partial charge in [0.05, 0.1) is 7.11 Å². The van der Waals surface area contributed by atoms with E-state index < -0.39 is 18.3 Å². The zero-order chi connectivity index (χ0) is 17.6. The smallest absolute Gasteiger partial charge is 0.335 e. The third kappa shape index (κ3) is 4.24. The minimum atomic E-state index is -0.756. The Balaban J connectivity index is 1.78. The van der Waals surface area contributed by atoms with Crippen molar-refractivity contribution in [1.82, 2.24) is 0 Å². The van der Waals surface area contributed by atoms with Gasteiger partial charge in [-0.05, 0) is 28.0 Å². The van der Waals surface area contributed by atoms with Crippen LogP contribution in [0.2, 0.25) is 0 Å². The molecule has 0 aliphatic carbocycles. The third-order valence-electron chi connectivity index (χ3n) is 4.14. The van der Waals surface area contributed by atoms with Crippen LogP contribution in [0.1, 0.15) is 17.4 Å². The number of carbonyl (C=O) groups is 1. The molecule has 0 bridgehead atoms. The van der Waals surface area contributed by atoms with Crippen molar-refractivity contribution < 1.29 is 14.3 Å². The van der Waals surface area contributed by atoms with Crippen LogP contribution in [-0.4, -0.2) is 19.2 Å². The van der Waals surface area contributed by atoms with Crippen molar-refractivity contribution in [2.45, 2.75) is 18.8 Å². The van der Waals surface area contributed by atoms with Gasteiger partial charge >= 0.3 is 5.97 Å². The van der Waals surface area contributed by atoms with Crippen LogP contribution in [-0.2, 0) is 20.7 Å².